The van der Waals surface area contributed by atoms with E-state index in [-0.39, 0.29) is 11.5 Å². The highest BCUT2D eigenvalue weighted by molar-refractivity contribution is 5.91. The number of carbonyl (C=O) groups excluding carboxylic acids is 1. The third-order valence-corrected chi connectivity index (χ3v) is 4.21. The number of amides is 1. The van der Waals surface area contributed by atoms with E-state index in [0.717, 1.165) is 17.7 Å². The summed E-state index contributed by atoms with van der Waals surface area (Å²) in [5, 5.41) is 3.55. The zero-order valence-corrected chi connectivity index (χ0v) is 14.2. The summed E-state index contributed by atoms with van der Waals surface area (Å²) in [6.07, 6.45) is 3.36. The van der Waals surface area contributed by atoms with Crippen molar-refractivity contribution >= 4 is 22.5 Å². The number of nitrogens with zero attached hydrogens (tertiary/aromatic N) is 2. The highest BCUT2D eigenvalue weighted by atomic mass is 16.1. The molecular weight excluding hydrogens is 314 g/mol. The van der Waals surface area contributed by atoms with Crippen LogP contribution in [0.2, 0.25) is 0 Å². The monoisotopic (exact) mass is 335 g/mol. The Bertz CT molecular complexity index is 947. The van der Waals surface area contributed by atoms with E-state index in [1.54, 1.807) is 17.0 Å². The summed E-state index contributed by atoms with van der Waals surface area (Å²) in [5.74, 6) is -0.0392. The number of hydrogen-bond donors (Lipinski definition) is 1. The van der Waals surface area contributed by atoms with Crippen molar-refractivity contribution in [2.24, 2.45) is 0 Å². The Morgan fingerprint density at radius 2 is 1.88 bits per heavy atom. The molecule has 0 unspecified atom stereocenters. The quantitative estimate of drug-likeness (QED) is 0.751. The molecule has 5 heteroatoms. The van der Waals surface area contributed by atoms with Gasteiger partial charge < -0.3 is 5.32 Å². The molecule has 0 spiro atoms. The average molecular weight is 335 g/mol. The number of benzene rings is 2. The Hall–Kier alpha value is -2.95. The van der Waals surface area contributed by atoms with Crippen LogP contribution in [0.4, 0.5) is 5.69 Å². The lowest BCUT2D eigenvalue weighted by Gasteiger charge is -2.10. The van der Waals surface area contributed by atoms with Crippen LogP contribution in [0.3, 0.4) is 0 Å². The minimum absolute atomic E-state index is 0.0392. The Morgan fingerprint density at radius 1 is 1.12 bits per heavy atom. The zero-order valence-electron chi connectivity index (χ0n) is 14.2. The standard InChI is InChI=1S/C20H21N3O2/c1-2-15-8-3-5-10-17(15)22-19(24)12-7-13-23-14-21-18-11-6-4-9-16(18)20(23)25/h3-6,8-11,14H,2,7,12-13H2,1H3,(H,22,24). The molecule has 3 aromatic rings. The summed E-state index contributed by atoms with van der Waals surface area (Å²) in [6, 6.07) is 15.1. The van der Waals surface area contributed by atoms with Gasteiger partial charge in [0.15, 0.2) is 0 Å². The van der Waals surface area contributed by atoms with Crippen molar-refractivity contribution in [2.45, 2.75) is 32.7 Å². The molecule has 5 nitrogen and oxygen atoms in total. The van der Waals surface area contributed by atoms with E-state index in [4.69, 9.17) is 0 Å². The van der Waals surface area contributed by atoms with Gasteiger partial charge in [-0.1, -0.05) is 37.3 Å². The minimum atomic E-state index is -0.0673. The highest BCUT2D eigenvalue weighted by Crippen LogP contribution is 2.15. The zero-order chi connectivity index (χ0) is 17.6. The molecule has 0 saturated heterocycles. The smallest absolute Gasteiger partial charge is 0.261 e. The molecule has 3 rings (SSSR count). The number of anilines is 1. The first kappa shape index (κ1) is 16.9. The number of fused-ring (bicyclic) bond motifs is 1. The van der Waals surface area contributed by atoms with Gasteiger partial charge in [-0.15, -0.1) is 0 Å². The van der Waals surface area contributed by atoms with Gasteiger partial charge in [0.1, 0.15) is 0 Å². The van der Waals surface area contributed by atoms with Crippen LogP contribution in [0.15, 0.2) is 59.7 Å². The van der Waals surface area contributed by atoms with E-state index in [2.05, 4.69) is 17.2 Å². The predicted molar refractivity (Wildman–Crippen MR) is 99.7 cm³/mol. The maximum Gasteiger partial charge on any atom is 0.261 e. The van der Waals surface area contributed by atoms with Gasteiger partial charge in [-0.2, -0.15) is 0 Å². The summed E-state index contributed by atoms with van der Waals surface area (Å²) in [7, 11) is 0. The number of hydrogen-bond acceptors (Lipinski definition) is 3. The fraction of sp³-hybridized carbons (Fsp3) is 0.250. The topological polar surface area (TPSA) is 64.0 Å². The number of para-hydroxylation sites is 2. The minimum Gasteiger partial charge on any atom is -0.326 e. The number of aryl methyl sites for hydroxylation is 2. The van der Waals surface area contributed by atoms with Crippen LogP contribution in [0.1, 0.15) is 25.3 Å². The first-order valence-electron chi connectivity index (χ1n) is 8.51. The van der Waals surface area contributed by atoms with Gasteiger partial charge in [0, 0.05) is 18.7 Å². The Morgan fingerprint density at radius 3 is 2.72 bits per heavy atom. The molecule has 1 amide bonds. The van der Waals surface area contributed by atoms with E-state index in [1.807, 2.05) is 42.5 Å². The molecule has 1 N–H and O–H groups in total. The Balaban J connectivity index is 1.60. The summed E-state index contributed by atoms with van der Waals surface area (Å²) in [6.45, 7) is 2.53. The molecule has 1 aromatic heterocycles. The molecule has 0 saturated carbocycles. The van der Waals surface area contributed by atoms with Gasteiger partial charge in [-0.25, -0.2) is 4.98 Å². The van der Waals surface area contributed by atoms with Crippen molar-refractivity contribution in [1.82, 2.24) is 9.55 Å². The van der Waals surface area contributed by atoms with Crippen LogP contribution in [0.25, 0.3) is 10.9 Å². The molecule has 25 heavy (non-hydrogen) atoms. The van der Waals surface area contributed by atoms with Crippen LogP contribution >= 0.6 is 0 Å². The first-order valence-corrected chi connectivity index (χ1v) is 8.51. The molecule has 0 bridgehead atoms. The van der Waals surface area contributed by atoms with E-state index >= 15 is 0 Å². The second-order valence-corrected chi connectivity index (χ2v) is 5.92. The second kappa shape index (κ2) is 7.75. The van der Waals surface area contributed by atoms with E-state index in [0.29, 0.717) is 30.3 Å². The number of carbonyl (C=O) groups is 1. The van der Waals surface area contributed by atoms with Gasteiger partial charge in [-0.05, 0) is 36.6 Å². The van der Waals surface area contributed by atoms with E-state index in [1.165, 1.54) is 0 Å². The lowest BCUT2D eigenvalue weighted by molar-refractivity contribution is -0.116. The third-order valence-electron chi connectivity index (χ3n) is 4.21. The number of nitrogens with one attached hydrogen (secondary N) is 1. The molecule has 128 valence electrons. The SMILES string of the molecule is CCc1ccccc1NC(=O)CCCn1cnc2ccccc2c1=O. The maximum absolute atomic E-state index is 12.4. The van der Waals surface area contributed by atoms with Gasteiger partial charge in [0.05, 0.1) is 17.2 Å². The largest absolute Gasteiger partial charge is 0.326 e. The molecule has 0 aliphatic carbocycles. The van der Waals surface area contributed by atoms with E-state index < -0.39 is 0 Å². The van der Waals surface area contributed by atoms with Gasteiger partial charge in [-0.3, -0.25) is 14.2 Å². The summed E-state index contributed by atoms with van der Waals surface area (Å²) >= 11 is 0. The predicted octanol–water partition coefficient (Wildman–Crippen LogP) is 3.38. The van der Waals surface area contributed by atoms with Crippen LogP contribution in [-0.4, -0.2) is 15.5 Å². The molecule has 0 aliphatic rings. The van der Waals surface area contributed by atoms with E-state index in [9.17, 15) is 9.59 Å². The molecule has 0 fully saturated rings. The summed E-state index contributed by atoms with van der Waals surface area (Å²) in [5.41, 5.74) is 2.60. The molecular formula is C20H21N3O2. The third kappa shape index (κ3) is 3.94. The normalized spacial score (nSPS) is 10.8. The van der Waals surface area contributed by atoms with Crippen LogP contribution in [0, 0.1) is 0 Å². The molecule has 0 atom stereocenters. The first-order chi connectivity index (χ1) is 12.2. The van der Waals surface area contributed by atoms with Crippen molar-refractivity contribution in [3.63, 3.8) is 0 Å². The molecule has 1 heterocycles. The fourth-order valence-corrected chi connectivity index (χ4v) is 2.84. The maximum atomic E-state index is 12.4. The second-order valence-electron chi connectivity index (χ2n) is 5.92. The average Bonchev–Trinajstić information content (AvgIpc) is 2.64. The molecule has 0 radical (unpaired) electrons. The molecule has 2 aromatic carbocycles. The van der Waals surface area contributed by atoms with Crippen LogP contribution in [-0.2, 0) is 17.8 Å². The Labute approximate surface area is 146 Å². The van der Waals surface area contributed by atoms with Gasteiger partial charge in [0.25, 0.3) is 5.56 Å². The van der Waals surface area contributed by atoms with Crippen LogP contribution < -0.4 is 10.9 Å². The summed E-state index contributed by atoms with van der Waals surface area (Å²) < 4.78 is 1.57. The van der Waals surface area contributed by atoms with Gasteiger partial charge in [0.2, 0.25) is 5.91 Å². The number of aromatic nitrogens is 2. The fourth-order valence-electron chi connectivity index (χ4n) is 2.84. The van der Waals surface area contributed by atoms with Crippen LogP contribution in [0.5, 0.6) is 0 Å². The van der Waals surface area contributed by atoms with Crippen molar-refractivity contribution in [3.05, 3.63) is 70.8 Å². The summed E-state index contributed by atoms with van der Waals surface area (Å²) in [4.78, 5) is 28.8. The van der Waals surface area contributed by atoms with Gasteiger partial charge >= 0.3 is 0 Å². The molecule has 0 aliphatic heterocycles. The van der Waals surface area contributed by atoms with Crippen molar-refractivity contribution in [2.75, 3.05) is 5.32 Å². The highest BCUT2D eigenvalue weighted by Gasteiger charge is 2.07. The van der Waals surface area contributed by atoms with Crippen molar-refractivity contribution in [1.29, 1.82) is 0 Å². The Kier molecular flexibility index (Phi) is 5.23. The lowest BCUT2D eigenvalue weighted by Crippen LogP contribution is -2.21. The van der Waals surface area contributed by atoms with Crippen molar-refractivity contribution < 1.29 is 4.79 Å². The lowest BCUT2D eigenvalue weighted by atomic mass is 10.1. The van der Waals surface area contributed by atoms with Crippen molar-refractivity contribution in [3.8, 4) is 0 Å². The number of rotatable bonds is 6.